The molecule has 3 aromatic rings. The minimum Gasteiger partial charge on any atom is -0.366 e. The van der Waals surface area contributed by atoms with Crippen LogP contribution in [0.5, 0.6) is 0 Å². The van der Waals surface area contributed by atoms with Crippen LogP contribution < -0.4 is 15.1 Å². The van der Waals surface area contributed by atoms with E-state index in [4.69, 9.17) is 4.98 Å². The molecule has 1 fully saturated rings. The molecule has 0 unspecified atom stereocenters. The van der Waals surface area contributed by atoms with Crippen molar-refractivity contribution in [3.05, 3.63) is 63.7 Å². The number of piperazine rings is 1. The zero-order valence-corrected chi connectivity index (χ0v) is 18.9. The molecule has 4 rings (SSSR count). The van der Waals surface area contributed by atoms with Crippen molar-refractivity contribution in [2.24, 2.45) is 0 Å². The average molecular weight is 444 g/mol. The lowest BCUT2D eigenvalue weighted by Crippen LogP contribution is -2.47. The summed E-state index contributed by atoms with van der Waals surface area (Å²) in [5, 5.41) is 6.45. The van der Waals surface area contributed by atoms with E-state index in [9.17, 15) is 4.39 Å². The van der Waals surface area contributed by atoms with Gasteiger partial charge in [0.15, 0.2) is 5.16 Å². The van der Waals surface area contributed by atoms with Crippen molar-refractivity contribution in [2.75, 3.05) is 42.2 Å². The number of anilines is 2. The molecular weight excluding hydrogens is 417 g/mol. The summed E-state index contributed by atoms with van der Waals surface area (Å²) < 4.78 is 14.2. The van der Waals surface area contributed by atoms with Gasteiger partial charge in [0.05, 0.1) is 5.69 Å². The van der Waals surface area contributed by atoms with Crippen molar-refractivity contribution in [1.29, 1.82) is 0 Å². The molecule has 0 radical (unpaired) electrons. The number of hydrogen-bond donors (Lipinski definition) is 1. The predicted molar refractivity (Wildman–Crippen MR) is 124 cm³/mol. The topological polar surface area (TPSA) is 44.3 Å². The number of nitrogens with zero attached hydrogens (tertiary/aromatic N) is 4. The second-order valence-electron chi connectivity index (χ2n) is 7.26. The summed E-state index contributed by atoms with van der Waals surface area (Å²) in [5.41, 5.74) is 3.10. The highest BCUT2D eigenvalue weighted by atomic mass is 32.2. The Bertz CT molecular complexity index is 985. The molecule has 1 saturated heterocycles. The number of aromatic nitrogens is 2. The highest BCUT2D eigenvalue weighted by molar-refractivity contribution is 7.98. The minimum atomic E-state index is -0.161. The Labute approximate surface area is 185 Å². The normalized spacial score (nSPS) is 14.4. The van der Waals surface area contributed by atoms with E-state index in [1.165, 1.54) is 16.5 Å². The lowest BCUT2D eigenvalue weighted by Gasteiger charge is -2.37. The van der Waals surface area contributed by atoms with Gasteiger partial charge in [0.1, 0.15) is 11.6 Å². The second-order valence-corrected chi connectivity index (χ2v) is 9.04. The molecule has 8 heteroatoms. The van der Waals surface area contributed by atoms with Crippen LogP contribution in [0, 0.1) is 12.7 Å². The third-order valence-electron chi connectivity index (χ3n) is 5.34. The van der Waals surface area contributed by atoms with E-state index >= 15 is 0 Å². The third-order valence-corrected chi connectivity index (χ3v) is 6.93. The molecule has 5 nitrogen and oxygen atoms in total. The van der Waals surface area contributed by atoms with E-state index < -0.39 is 0 Å². The Balaban J connectivity index is 1.45. The van der Waals surface area contributed by atoms with Crippen LogP contribution in [-0.4, -0.2) is 42.4 Å². The zero-order valence-electron chi connectivity index (χ0n) is 17.3. The van der Waals surface area contributed by atoms with E-state index in [1.807, 2.05) is 24.6 Å². The number of halogens is 1. The van der Waals surface area contributed by atoms with Gasteiger partial charge in [0.25, 0.3) is 0 Å². The standard InChI is InChI=1S/C22H26FN5S2/c1-16-7-12-30-20(16)15-24-13-17-14-25-22(29-2)26-21(17)28-10-8-27(9-11-28)19-6-4-3-5-18(19)23/h3-7,12,14,24H,8-11,13,15H2,1-2H3. The number of para-hydroxylation sites is 1. The minimum absolute atomic E-state index is 0.161. The molecular formula is C22H26FN5S2. The summed E-state index contributed by atoms with van der Waals surface area (Å²) in [6, 6.07) is 9.15. The van der Waals surface area contributed by atoms with Crippen molar-refractivity contribution in [1.82, 2.24) is 15.3 Å². The summed E-state index contributed by atoms with van der Waals surface area (Å²) in [4.78, 5) is 15.1. The van der Waals surface area contributed by atoms with Crippen molar-refractivity contribution >= 4 is 34.6 Å². The molecule has 0 aliphatic carbocycles. The highest BCUT2D eigenvalue weighted by Gasteiger charge is 2.22. The Morgan fingerprint density at radius 2 is 1.87 bits per heavy atom. The number of hydrogen-bond acceptors (Lipinski definition) is 7. The van der Waals surface area contributed by atoms with Crippen LogP contribution >= 0.6 is 23.1 Å². The van der Waals surface area contributed by atoms with E-state index in [2.05, 4.69) is 38.5 Å². The van der Waals surface area contributed by atoms with E-state index in [0.29, 0.717) is 5.69 Å². The average Bonchev–Trinajstić information content (AvgIpc) is 3.19. The number of nitrogens with one attached hydrogen (secondary N) is 1. The molecule has 0 saturated carbocycles. The van der Waals surface area contributed by atoms with Gasteiger partial charge in [-0.05, 0) is 42.3 Å². The van der Waals surface area contributed by atoms with Crippen LogP contribution in [0.15, 0.2) is 47.1 Å². The predicted octanol–water partition coefficient (Wildman–Crippen LogP) is 4.32. The van der Waals surface area contributed by atoms with Crippen LogP contribution in [0.4, 0.5) is 15.9 Å². The molecule has 0 spiro atoms. The summed E-state index contributed by atoms with van der Waals surface area (Å²) in [6.45, 7) is 6.83. The molecule has 2 aromatic heterocycles. The maximum atomic E-state index is 14.2. The van der Waals surface area contributed by atoms with Crippen molar-refractivity contribution in [3.8, 4) is 0 Å². The summed E-state index contributed by atoms with van der Waals surface area (Å²) >= 11 is 3.33. The van der Waals surface area contributed by atoms with Crippen LogP contribution in [-0.2, 0) is 13.1 Å². The number of thiophene rings is 1. The third kappa shape index (κ3) is 4.77. The van der Waals surface area contributed by atoms with Crippen molar-refractivity contribution in [2.45, 2.75) is 25.2 Å². The van der Waals surface area contributed by atoms with Gasteiger partial charge in [-0.25, -0.2) is 14.4 Å². The van der Waals surface area contributed by atoms with Crippen LogP contribution in [0.25, 0.3) is 0 Å². The molecule has 1 N–H and O–H groups in total. The number of aryl methyl sites for hydroxylation is 1. The summed E-state index contributed by atoms with van der Waals surface area (Å²) in [5.74, 6) is 0.823. The fourth-order valence-electron chi connectivity index (χ4n) is 3.64. The molecule has 0 atom stereocenters. The molecule has 0 amide bonds. The fourth-order valence-corrected chi connectivity index (χ4v) is 4.85. The Kier molecular flexibility index (Phi) is 6.86. The van der Waals surface area contributed by atoms with Gasteiger partial charge >= 0.3 is 0 Å². The number of thioether (sulfide) groups is 1. The quantitative estimate of drug-likeness (QED) is 0.433. The molecule has 1 aliphatic heterocycles. The maximum Gasteiger partial charge on any atom is 0.189 e. The van der Waals surface area contributed by atoms with Crippen LogP contribution in [0.1, 0.15) is 16.0 Å². The van der Waals surface area contributed by atoms with Gasteiger partial charge in [-0.2, -0.15) is 0 Å². The molecule has 158 valence electrons. The van der Waals surface area contributed by atoms with E-state index in [1.54, 1.807) is 29.2 Å². The Morgan fingerprint density at radius 1 is 1.10 bits per heavy atom. The summed E-state index contributed by atoms with van der Waals surface area (Å²) in [7, 11) is 0. The first-order valence-electron chi connectivity index (χ1n) is 10.0. The van der Waals surface area contributed by atoms with Gasteiger partial charge in [-0.1, -0.05) is 23.9 Å². The van der Waals surface area contributed by atoms with Gasteiger partial charge in [0, 0.05) is 55.9 Å². The SMILES string of the molecule is CSc1ncc(CNCc2sccc2C)c(N2CCN(c3ccccc3F)CC2)n1. The Morgan fingerprint density at radius 3 is 2.57 bits per heavy atom. The van der Waals surface area contributed by atoms with E-state index in [0.717, 1.165) is 55.8 Å². The van der Waals surface area contributed by atoms with Gasteiger partial charge in [0.2, 0.25) is 0 Å². The fraction of sp³-hybridized carbons (Fsp3) is 0.364. The first kappa shape index (κ1) is 21.1. The first-order valence-corrected chi connectivity index (χ1v) is 12.1. The molecule has 1 aromatic carbocycles. The van der Waals surface area contributed by atoms with Crippen LogP contribution in [0.2, 0.25) is 0 Å². The van der Waals surface area contributed by atoms with Crippen LogP contribution in [0.3, 0.4) is 0 Å². The second kappa shape index (κ2) is 9.76. The Hall–Kier alpha value is -2.16. The molecule has 30 heavy (non-hydrogen) atoms. The molecule has 1 aliphatic rings. The van der Waals surface area contributed by atoms with Gasteiger partial charge in [-0.15, -0.1) is 11.3 Å². The highest BCUT2D eigenvalue weighted by Crippen LogP contribution is 2.25. The van der Waals surface area contributed by atoms with E-state index in [-0.39, 0.29) is 5.82 Å². The summed E-state index contributed by atoms with van der Waals surface area (Å²) in [6.07, 6.45) is 3.93. The monoisotopic (exact) mass is 443 g/mol. The number of benzene rings is 1. The first-order chi connectivity index (χ1) is 14.7. The smallest absolute Gasteiger partial charge is 0.189 e. The lowest BCUT2D eigenvalue weighted by atomic mass is 10.2. The van der Waals surface area contributed by atoms with Crippen molar-refractivity contribution in [3.63, 3.8) is 0 Å². The van der Waals surface area contributed by atoms with Gasteiger partial charge < -0.3 is 15.1 Å². The largest absolute Gasteiger partial charge is 0.366 e. The molecule has 0 bridgehead atoms. The van der Waals surface area contributed by atoms with Gasteiger partial charge in [-0.3, -0.25) is 0 Å². The maximum absolute atomic E-state index is 14.2. The zero-order chi connectivity index (χ0) is 20.9. The lowest BCUT2D eigenvalue weighted by molar-refractivity contribution is 0.592. The molecule has 3 heterocycles. The number of rotatable bonds is 7. The van der Waals surface area contributed by atoms with Crippen molar-refractivity contribution < 1.29 is 4.39 Å².